The highest BCUT2D eigenvalue weighted by atomic mass is 32.3. The van der Waals surface area contributed by atoms with E-state index in [9.17, 15) is 16.7 Å². The summed E-state index contributed by atoms with van der Waals surface area (Å²) >= 11 is 0. The molecule has 6 heteroatoms. The summed E-state index contributed by atoms with van der Waals surface area (Å²) in [4.78, 5) is -1.11. The predicted octanol–water partition coefficient (Wildman–Crippen LogP) is 1.36. The first-order valence-corrected chi connectivity index (χ1v) is 4.48. The topological polar surface area (TPSA) is 57.9 Å². The third kappa shape index (κ3) is 1.81. The minimum atomic E-state index is -5.09. The first-order valence-electron chi connectivity index (χ1n) is 3.10. The van der Waals surface area contributed by atoms with E-state index in [0.717, 1.165) is 18.2 Å². The molecule has 0 atom stereocenters. The van der Waals surface area contributed by atoms with Gasteiger partial charge in [0.1, 0.15) is 11.0 Å². The van der Waals surface area contributed by atoms with E-state index >= 15 is 0 Å². The summed E-state index contributed by atoms with van der Waals surface area (Å²) in [7, 11) is -5.09. The van der Waals surface area contributed by atoms with Gasteiger partial charge in [-0.25, -0.2) is 4.39 Å². The first kappa shape index (κ1) is 9.61. The number of benzene rings is 1. The van der Waals surface area contributed by atoms with E-state index in [1.54, 1.807) is 0 Å². The van der Waals surface area contributed by atoms with Crippen LogP contribution in [-0.2, 0) is 10.2 Å². The van der Waals surface area contributed by atoms with Gasteiger partial charge >= 0.3 is 10.2 Å². The minimum absolute atomic E-state index is 0.501. The third-order valence-electron chi connectivity index (χ3n) is 1.35. The van der Waals surface area contributed by atoms with Crippen LogP contribution in [-0.4, -0.2) is 8.42 Å². The molecule has 0 aromatic heterocycles. The molecule has 0 spiro atoms. The van der Waals surface area contributed by atoms with Crippen LogP contribution < -0.4 is 0 Å². The van der Waals surface area contributed by atoms with Crippen molar-refractivity contribution in [2.75, 3.05) is 0 Å². The lowest BCUT2D eigenvalue weighted by molar-refractivity contribution is 0.532. The van der Waals surface area contributed by atoms with Crippen LogP contribution in [0.15, 0.2) is 23.1 Å². The summed E-state index contributed by atoms with van der Waals surface area (Å²) in [5.41, 5.74) is -0.501. The molecule has 0 N–H and O–H groups in total. The number of hydrogen-bond donors (Lipinski definition) is 0. The van der Waals surface area contributed by atoms with Crippen molar-refractivity contribution in [2.45, 2.75) is 4.90 Å². The van der Waals surface area contributed by atoms with Gasteiger partial charge in [0.15, 0.2) is 5.82 Å². The summed E-state index contributed by atoms with van der Waals surface area (Å²) in [6.07, 6.45) is 0. The van der Waals surface area contributed by atoms with Gasteiger partial charge in [-0.3, -0.25) is 0 Å². The highest BCUT2D eigenvalue weighted by molar-refractivity contribution is 7.86. The van der Waals surface area contributed by atoms with Crippen molar-refractivity contribution < 1.29 is 16.7 Å². The fraction of sp³-hybridized carbons (Fsp3) is 0. The monoisotopic (exact) mass is 203 g/mol. The lowest BCUT2D eigenvalue weighted by Gasteiger charge is -1.97. The van der Waals surface area contributed by atoms with E-state index in [-0.39, 0.29) is 0 Å². The van der Waals surface area contributed by atoms with Crippen LogP contribution in [0.2, 0.25) is 0 Å². The normalized spacial score (nSPS) is 10.8. The number of halogens is 2. The van der Waals surface area contributed by atoms with E-state index in [2.05, 4.69) is 0 Å². The Balaban J connectivity index is 3.53. The first-order chi connectivity index (χ1) is 5.96. The quantitative estimate of drug-likeness (QED) is 0.647. The van der Waals surface area contributed by atoms with Crippen molar-refractivity contribution in [3.05, 3.63) is 29.6 Å². The summed E-state index contributed by atoms with van der Waals surface area (Å²) < 4.78 is 45.9. The maximum absolute atomic E-state index is 12.9. The van der Waals surface area contributed by atoms with Gasteiger partial charge in [0.2, 0.25) is 0 Å². The van der Waals surface area contributed by atoms with Gasteiger partial charge in [-0.15, -0.1) is 3.89 Å². The molecule has 3 nitrogen and oxygen atoms in total. The van der Waals surface area contributed by atoms with Gasteiger partial charge in [0.05, 0.1) is 5.56 Å². The lowest BCUT2D eigenvalue weighted by Crippen LogP contribution is -1.98. The molecule has 1 aromatic carbocycles. The zero-order valence-corrected chi connectivity index (χ0v) is 6.98. The molecule has 1 rings (SSSR count). The molecule has 0 saturated carbocycles. The Morgan fingerprint density at radius 3 is 2.46 bits per heavy atom. The molecule has 0 aliphatic carbocycles. The zero-order chi connectivity index (χ0) is 10.1. The summed E-state index contributed by atoms with van der Waals surface area (Å²) in [6.45, 7) is 0. The third-order valence-corrected chi connectivity index (χ3v) is 2.19. The van der Waals surface area contributed by atoms with Crippen molar-refractivity contribution in [1.29, 1.82) is 5.26 Å². The van der Waals surface area contributed by atoms with Crippen LogP contribution in [0.3, 0.4) is 0 Å². The molecule has 0 aliphatic heterocycles. The number of hydrogen-bond acceptors (Lipinski definition) is 3. The summed E-state index contributed by atoms with van der Waals surface area (Å²) in [5.74, 6) is -1.35. The second-order valence-corrected chi connectivity index (χ2v) is 3.48. The highest BCUT2D eigenvalue weighted by Crippen LogP contribution is 2.18. The van der Waals surface area contributed by atoms with Crippen LogP contribution in [0.5, 0.6) is 0 Å². The Kier molecular flexibility index (Phi) is 2.30. The maximum Gasteiger partial charge on any atom is 0.335 e. The molecule has 0 heterocycles. The SMILES string of the molecule is N#Cc1cccc(S(=O)(=O)F)c1F. The van der Waals surface area contributed by atoms with Gasteiger partial charge < -0.3 is 0 Å². The molecular weight excluding hydrogens is 200 g/mol. The molecule has 0 fully saturated rings. The highest BCUT2D eigenvalue weighted by Gasteiger charge is 2.19. The van der Waals surface area contributed by atoms with E-state index in [1.165, 1.54) is 6.07 Å². The largest absolute Gasteiger partial charge is 0.335 e. The van der Waals surface area contributed by atoms with E-state index < -0.39 is 26.5 Å². The average Bonchev–Trinajstić information content (AvgIpc) is 2.02. The van der Waals surface area contributed by atoms with Crippen LogP contribution in [0.4, 0.5) is 8.28 Å². The molecule has 0 amide bonds. The van der Waals surface area contributed by atoms with Gasteiger partial charge in [-0.1, -0.05) is 6.07 Å². The van der Waals surface area contributed by atoms with Crippen molar-refractivity contribution in [1.82, 2.24) is 0 Å². The molecule has 0 unspecified atom stereocenters. The number of rotatable bonds is 1. The zero-order valence-electron chi connectivity index (χ0n) is 6.16. The predicted molar refractivity (Wildman–Crippen MR) is 39.4 cm³/mol. The summed E-state index contributed by atoms with van der Waals surface area (Å²) in [5, 5.41) is 8.30. The lowest BCUT2D eigenvalue weighted by atomic mass is 10.2. The number of nitrogens with zero attached hydrogens (tertiary/aromatic N) is 1. The fourth-order valence-corrected chi connectivity index (χ4v) is 1.35. The van der Waals surface area contributed by atoms with Crippen molar-refractivity contribution >= 4 is 10.2 Å². The van der Waals surface area contributed by atoms with Crippen LogP contribution in [0, 0.1) is 17.1 Å². The molecule has 0 radical (unpaired) electrons. The Hall–Kier alpha value is -1.48. The van der Waals surface area contributed by atoms with E-state index in [4.69, 9.17) is 5.26 Å². The van der Waals surface area contributed by atoms with Crippen molar-refractivity contribution in [3.63, 3.8) is 0 Å². The van der Waals surface area contributed by atoms with E-state index in [1.807, 2.05) is 0 Å². The van der Waals surface area contributed by atoms with Crippen molar-refractivity contribution in [3.8, 4) is 6.07 Å². The van der Waals surface area contributed by atoms with Gasteiger partial charge in [0, 0.05) is 0 Å². The van der Waals surface area contributed by atoms with Crippen molar-refractivity contribution in [2.24, 2.45) is 0 Å². The molecule has 0 saturated heterocycles. The van der Waals surface area contributed by atoms with E-state index in [0.29, 0.717) is 0 Å². The Labute approximate surface area is 73.4 Å². The summed E-state index contributed by atoms with van der Waals surface area (Å²) in [6, 6.07) is 4.31. The molecule has 1 aromatic rings. The molecule has 13 heavy (non-hydrogen) atoms. The molecule has 0 aliphatic rings. The average molecular weight is 203 g/mol. The smallest absolute Gasteiger partial charge is 0.204 e. The maximum atomic E-state index is 12.9. The standard InChI is InChI=1S/C7H3F2NO2S/c8-7-5(4-10)2-1-3-6(7)13(9,11)12/h1-3H. The second kappa shape index (κ2) is 3.11. The Morgan fingerprint density at radius 2 is 2.00 bits per heavy atom. The Bertz CT molecular complexity index is 476. The molecular formula is C7H3F2NO2S. The van der Waals surface area contributed by atoms with Crippen LogP contribution in [0.1, 0.15) is 5.56 Å². The molecule has 0 bridgehead atoms. The second-order valence-electron chi connectivity index (χ2n) is 2.17. The van der Waals surface area contributed by atoms with Crippen LogP contribution >= 0.6 is 0 Å². The van der Waals surface area contributed by atoms with Crippen LogP contribution in [0.25, 0.3) is 0 Å². The molecule has 68 valence electrons. The minimum Gasteiger partial charge on any atom is -0.204 e. The Morgan fingerprint density at radius 1 is 1.38 bits per heavy atom. The van der Waals surface area contributed by atoms with Gasteiger partial charge in [-0.05, 0) is 12.1 Å². The number of nitriles is 1. The fourth-order valence-electron chi connectivity index (χ4n) is 0.785. The van der Waals surface area contributed by atoms with Gasteiger partial charge in [0.25, 0.3) is 0 Å². The van der Waals surface area contributed by atoms with Gasteiger partial charge in [-0.2, -0.15) is 13.7 Å².